The molecule has 0 N–H and O–H groups in total. The van der Waals surface area contributed by atoms with Gasteiger partial charge in [0, 0.05) is 0 Å². The van der Waals surface area contributed by atoms with Crippen LogP contribution in [0.15, 0.2) is 0 Å². The molecule has 0 aromatic heterocycles. The van der Waals surface area contributed by atoms with Gasteiger partial charge >= 0.3 is 0 Å². The summed E-state index contributed by atoms with van der Waals surface area (Å²) in [6, 6.07) is 0. The van der Waals surface area contributed by atoms with Crippen molar-refractivity contribution >= 4 is 5.78 Å². The van der Waals surface area contributed by atoms with Gasteiger partial charge in [0.1, 0.15) is 5.78 Å². The van der Waals surface area contributed by atoms with Crippen LogP contribution in [0.5, 0.6) is 0 Å². The van der Waals surface area contributed by atoms with Crippen LogP contribution in [0.1, 0.15) is 111 Å². The minimum atomic E-state index is 0.316. The molecule has 0 rings (SSSR count). The first kappa shape index (κ1) is 22.6. The van der Waals surface area contributed by atoms with Gasteiger partial charge in [-0.25, -0.2) is 0 Å². The van der Waals surface area contributed by atoms with Gasteiger partial charge in [-0.3, -0.25) is 9.69 Å². The van der Waals surface area contributed by atoms with Crippen molar-refractivity contribution in [2.75, 3.05) is 19.6 Å². The van der Waals surface area contributed by atoms with Gasteiger partial charge in [0.2, 0.25) is 0 Å². The fourth-order valence-electron chi connectivity index (χ4n) is 3.17. The van der Waals surface area contributed by atoms with Crippen molar-refractivity contribution < 1.29 is 4.79 Å². The van der Waals surface area contributed by atoms with E-state index in [1.54, 1.807) is 6.92 Å². The first-order chi connectivity index (χ1) is 11.2. The number of carbonyl (C=O) groups is 1. The molecular weight excluding hydrogens is 282 g/mol. The molecule has 0 atom stereocenters. The molecule has 0 bridgehead atoms. The lowest BCUT2D eigenvalue weighted by atomic mass is 10.1. The second kappa shape index (κ2) is 18.0. The summed E-state index contributed by atoms with van der Waals surface area (Å²) in [6.07, 6.45) is 18.9. The number of nitrogens with zero attached hydrogens (tertiary/aromatic N) is 1. The smallest absolute Gasteiger partial charge is 0.143 e. The fraction of sp³-hybridized carbons (Fsp3) is 0.952. The monoisotopic (exact) mass is 325 g/mol. The lowest BCUT2D eigenvalue weighted by Crippen LogP contribution is -2.30. The first-order valence-electron chi connectivity index (χ1n) is 10.4. The molecule has 0 saturated carbocycles. The fourth-order valence-corrected chi connectivity index (χ4v) is 3.17. The van der Waals surface area contributed by atoms with E-state index in [1.165, 1.54) is 89.9 Å². The zero-order valence-corrected chi connectivity index (χ0v) is 16.4. The molecule has 0 saturated heterocycles. The van der Waals surface area contributed by atoms with Crippen LogP contribution < -0.4 is 0 Å². The second-order valence-electron chi connectivity index (χ2n) is 7.22. The molecule has 0 heterocycles. The van der Waals surface area contributed by atoms with Gasteiger partial charge in [-0.2, -0.15) is 0 Å². The highest BCUT2D eigenvalue weighted by Gasteiger charge is 2.07. The van der Waals surface area contributed by atoms with Gasteiger partial charge < -0.3 is 0 Å². The molecule has 0 aliphatic rings. The largest absolute Gasteiger partial charge is 0.299 e. The van der Waals surface area contributed by atoms with Crippen LogP contribution in [-0.4, -0.2) is 30.3 Å². The first-order valence-corrected chi connectivity index (χ1v) is 10.4. The summed E-state index contributed by atoms with van der Waals surface area (Å²) >= 11 is 0. The number of unbranched alkanes of at least 4 members (excludes halogenated alkanes) is 12. The SMILES string of the molecule is CCCCCCCCCN(CCCCCCCCC)CC(C)=O. The van der Waals surface area contributed by atoms with Crippen molar-refractivity contribution in [1.29, 1.82) is 0 Å². The van der Waals surface area contributed by atoms with Gasteiger partial charge in [-0.1, -0.05) is 90.9 Å². The lowest BCUT2D eigenvalue weighted by molar-refractivity contribution is -0.118. The van der Waals surface area contributed by atoms with Crippen LogP contribution in [0.25, 0.3) is 0 Å². The van der Waals surface area contributed by atoms with Crippen molar-refractivity contribution in [3.63, 3.8) is 0 Å². The van der Waals surface area contributed by atoms with E-state index in [0.717, 1.165) is 13.1 Å². The van der Waals surface area contributed by atoms with Crippen LogP contribution in [0.4, 0.5) is 0 Å². The lowest BCUT2D eigenvalue weighted by Gasteiger charge is -2.20. The minimum Gasteiger partial charge on any atom is -0.299 e. The summed E-state index contributed by atoms with van der Waals surface area (Å²) in [5.74, 6) is 0.316. The standard InChI is InChI=1S/C21H43NO/c1-4-6-8-10-12-14-16-18-22(20-21(3)23)19-17-15-13-11-9-7-5-2/h4-20H2,1-3H3. The molecule has 2 nitrogen and oxygen atoms in total. The molecule has 0 aromatic carbocycles. The minimum absolute atomic E-state index is 0.316. The van der Waals surface area contributed by atoms with Crippen molar-refractivity contribution in [2.24, 2.45) is 0 Å². The topological polar surface area (TPSA) is 20.3 Å². The van der Waals surface area contributed by atoms with Crippen molar-refractivity contribution in [1.82, 2.24) is 4.90 Å². The van der Waals surface area contributed by atoms with Crippen LogP contribution in [0.3, 0.4) is 0 Å². The maximum Gasteiger partial charge on any atom is 0.143 e. The number of rotatable bonds is 18. The Balaban J connectivity index is 3.62. The summed E-state index contributed by atoms with van der Waals surface area (Å²) in [6.45, 7) is 9.15. The van der Waals surface area contributed by atoms with Gasteiger partial charge in [0.25, 0.3) is 0 Å². The molecule has 0 spiro atoms. The van der Waals surface area contributed by atoms with Gasteiger partial charge in [0.05, 0.1) is 6.54 Å². The molecule has 0 radical (unpaired) electrons. The third-order valence-corrected chi connectivity index (χ3v) is 4.60. The quantitative estimate of drug-likeness (QED) is 0.273. The average molecular weight is 326 g/mol. The van der Waals surface area contributed by atoms with Crippen molar-refractivity contribution in [3.05, 3.63) is 0 Å². The van der Waals surface area contributed by atoms with E-state index in [0.29, 0.717) is 12.3 Å². The molecule has 0 aliphatic heterocycles. The number of ketones is 1. The molecule has 23 heavy (non-hydrogen) atoms. The highest BCUT2D eigenvalue weighted by Crippen LogP contribution is 2.10. The Morgan fingerprint density at radius 1 is 0.609 bits per heavy atom. The maximum atomic E-state index is 11.4. The Morgan fingerprint density at radius 3 is 1.30 bits per heavy atom. The Morgan fingerprint density at radius 2 is 0.957 bits per heavy atom. The third-order valence-electron chi connectivity index (χ3n) is 4.60. The van der Waals surface area contributed by atoms with Crippen LogP contribution in [0.2, 0.25) is 0 Å². The highest BCUT2D eigenvalue weighted by molar-refractivity contribution is 5.77. The van der Waals surface area contributed by atoms with Crippen LogP contribution in [-0.2, 0) is 4.79 Å². The normalized spacial score (nSPS) is 11.3. The number of carbonyl (C=O) groups excluding carboxylic acids is 1. The van der Waals surface area contributed by atoms with Crippen molar-refractivity contribution in [2.45, 2.75) is 111 Å². The molecule has 0 unspecified atom stereocenters. The zero-order valence-electron chi connectivity index (χ0n) is 16.4. The number of hydrogen-bond acceptors (Lipinski definition) is 2. The predicted molar refractivity (Wildman–Crippen MR) is 103 cm³/mol. The highest BCUT2D eigenvalue weighted by atomic mass is 16.1. The van der Waals surface area contributed by atoms with Gasteiger partial charge in [0.15, 0.2) is 0 Å². The second-order valence-corrected chi connectivity index (χ2v) is 7.22. The van der Waals surface area contributed by atoms with E-state index in [2.05, 4.69) is 18.7 Å². The third kappa shape index (κ3) is 17.8. The molecule has 0 aromatic rings. The van der Waals surface area contributed by atoms with Crippen molar-refractivity contribution in [3.8, 4) is 0 Å². The van der Waals surface area contributed by atoms with Crippen LogP contribution >= 0.6 is 0 Å². The van der Waals surface area contributed by atoms with E-state index in [9.17, 15) is 4.79 Å². The van der Waals surface area contributed by atoms with E-state index in [1.807, 2.05) is 0 Å². The molecular formula is C21H43NO. The molecule has 0 fully saturated rings. The van der Waals surface area contributed by atoms with E-state index in [4.69, 9.17) is 0 Å². The van der Waals surface area contributed by atoms with Gasteiger partial charge in [-0.05, 0) is 32.9 Å². The van der Waals surface area contributed by atoms with E-state index >= 15 is 0 Å². The Bertz CT molecular complexity index is 234. The zero-order chi connectivity index (χ0) is 17.2. The molecule has 2 heteroatoms. The maximum absolute atomic E-state index is 11.4. The number of Topliss-reactive ketones (excluding diaryl/α,β-unsaturated/α-hetero) is 1. The summed E-state index contributed by atoms with van der Waals surface area (Å²) in [5.41, 5.74) is 0. The average Bonchev–Trinajstić information content (AvgIpc) is 2.52. The Labute approximate surface area is 146 Å². The summed E-state index contributed by atoms with van der Waals surface area (Å²) in [4.78, 5) is 13.8. The van der Waals surface area contributed by atoms with E-state index in [-0.39, 0.29) is 0 Å². The van der Waals surface area contributed by atoms with Gasteiger partial charge in [-0.15, -0.1) is 0 Å². The predicted octanol–water partition coefficient (Wildman–Crippen LogP) is 6.38. The summed E-state index contributed by atoms with van der Waals surface area (Å²) < 4.78 is 0. The summed E-state index contributed by atoms with van der Waals surface area (Å²) in [7, 11) is 0. The van der Waals surface area contributed by atoms with E-state index < -0.39 is 0 Å². The Hall–Kier alpha value is -0.370. The molecule has 0 aliphatic carbocycles. The van der Waals surface area contributed by atoms with Crippen LogP contribution in [0, 0.1) is 0 Å². The molecule has 138 valence electrons. The Kier molecular flexibility index (Phi) is 17.7. The molecule has 0 amide bonds. The number of hydrogen-bond donors (Lipinski definition) is 0. The summed E-state index contributed by atoms with van der Waals surface area (Å²) in [5, 5.41) is 0.